The van der Waals surface area contributed by atoms with Gasteiger partial charge in [0, 0.05) is 5.56 Å². The number of ketones is 1. The molecule has 0 radical (unpaired) electrons. The minimum Gasteiger partial charge on any atom is -0.396 e. The summed E-state index contributed by atoms with van der Waals surface area (Å²) >= 11 is 2.80. The lowest BCUT2D eigenvalue weighted by Crippen LogP contribution is -2.12. The first kappa shape index (κ1) is 18.7. The van der Waals surface area contributed by atoms with Crippen LogP contribution in [0.4, 0.5) is 5.69 Å². The number of nitrogens with two attached hydrogens (primary N) is 1. The molecule has 0 spiro atoms. The summed E-state index contributed by atoms with van der Waals surface area (Å²) < 4.78 is 0. The van der Waals surface area contributed by atoms with Crippen LogP contribution in [0.15, 0.2) is 35.3 Å². The van der Waals surface area contributed by atoms with Crippen LogP contribution >= 0.6 is 23.1 Å². The quantitative estimate of drug-likeness (QED) is 0.464. The van der Waals surface area contributed by atoms with E-state index in [1.165, 1.54) is 42.4 Å². The molecule has 2 N–H and O–H groups in total. The summed E-state index contributed by atoms with van der Waals surface area (Å²) in [6, 6.07) is 11.5. The van der Waals surface area contributed by atoms with Crippen LogP contribution in [0.25, 0.3) is 0 Å². The summed E-state index contributed by atoms with van der Waals surface area (Å²) in [6.07, 6.45) is 7.80. The summed E-state index contributed by atoms with van der Waals surface area (Å²) in [7, 11) is 0. The molecule has 1 aliphatic carbocycles. The van der Waals surface area contributed by atoms with Gasteiger partial charge < -0.3 is 5.73 Å². The molecule has 0 unspecified atom stereocenters. The molecule has 1 aromatic carbocycles. The van der Waals surface area contributed by atoms with Crippen molar-refractivity contribution >= 4 is 39.6 Å². The Kier molecular flexibility index (Phi) is 6.12. The Bertz CT molecular complexity index is 859. The number of nitrogen functional groups attached to an aromatic ring is 1. The Morgan fingerprint density at radius 1 is 1.23 bits per heavy atom. The van der Waals surface area contributed by atoms with Gasteiger partial charge in [-0.3, -0.25) is 9.79 Å². The molecule has 1 fully saturated rings. The lowest BCUT2D eigenvalue weighted by molar-refractivity contribution is 0.104. The van der Waals surface area contributed by atoms with E-state index < -0.39 is 0 Å². The van der Waals surface area contributed by atoms with E-state index in [1.807, 2.05) is 24.5 Å². The molecule has 6 heteroatoms. The van der Waals surface area contributed by atoms with Gasteiger partial charge in [-0.15, -0.1) is 23.1 Å². The molecule has 134 valence electrons. The van der Waals surface area contributed by atoms with Crippen LogP contribution in [0.2, 0.25) is 0 Å². The molecule has 4 nitrogen and oxygen atoms in total. The first-order chi connectivity index (χ1) is 12.7. The zero-order valence-corrected chi connectivity index (χ0v) is 16.3. The highest BCUT2D eigenvalue weighted by Gasteiger charge is 2.25. The summed E-state index contributed by atoms with van der Waals surface area (Å²) in [4.78, 5) is 18.9. The minimum atomic E-state index is -0.144. The molecule has 26 heavy (non-hydrogen) atoms. The third-order valence-corrected chi connectivity index (χ3v) is 6.60. The summed E-state index contributed by atoms with van der Waals surface area (Å²) in [5, 5.41) is 10.4. The van der Waals surface area contributed by atoms with Gasteiger partial charge in [-0.1, -0.05) is 49.6 Å². The van der Waals surface area contributed by atoms with Gasteiger partial charge in [-0.05, 0) is 19.1 Å². The second-order valence-corrected chi connectivity index (χ2v) is 8.10. The van der Waals surface area contributed by atoms with Gasteiger partial charge in [0.05, 0.1) is 22.2 Å². The minimum absolute atomic E-state index is 0.144. The zero-order chi connectivity index (χ0) is 18.5. The second-order valence-electron chi connectivity index (χ2n) is 6.29. The SMILES string of the molecule is CSC(=NC1CCCCC1)c1sc(C(=O)c2ccccc2)c(N)c1C#N. The molecule has 1 aliphatic rings. The van der Waals surface area contributed by atoms with Gasteiger partial charge in [-0.2, -0.15) is 5.26 Å². The predicted molar refractivity (Wildman–Crippen MR) is 110 cm³/mol. The van der Waals surface area contributed by atoms with Gasteiger partial charge in [0.1, 0.15) is 16.0 Å². The van der Waals surface area contributed by atoms with E-state index in [1.54, 1.807) is 12.1 Å². The standard InChI is InChI=1S/C20H21N3OS2/c1-25-20(23-14-10-6-3-7-11-14)18-15(12-21)16(22)19(26-18)17(24)13-8-4-2-5-9-13/h2,4-5,8-9,14H,3,6-7,10-11,22H2,1H3. The van der Waals surface area contributed by atoms with Crippen molar-refractivity contribution < 1.29 is 4.79 Å². The molecule has 0 amide bonds. The molecular weight excluding hydrogens is 362 g/mol. The van der Waals surface area contributed by atoms with Crippen molar-refractivity contribution in [1.82, 2.24) is 0 Å². The Morgan fingerprint density at radius 2 is 1.92 bits per heavy atom. The van der Waals surface area contributed by atoms with Gasteiger partial charge in [-0.25, -0.2) is 0 Å². The zero-order valence-electron chi connectivity index (χ0n) is 14.7. The third kappa shape index (κ3) is 3.84. The number of anilines is 1. The monoisotopic (exact) mass is 383 g/mol. The fourth-order valence-electron chi connectivity index (χ4n) is 3.17. The number of carbonyl (C=O) groups excluding carboxylic acids is 1. The Labute approximate surface area is 162 Å². The maximum atomic E-state index is 12.8. The molecule has 0 bridgehead atoms. The topological polar surface area (TPSA) is 79.2 Å². The number of benzene rings is 1. The van der Waals surface area contributed by atoms with Crippen molar-refractivity contribution in [2.75, 3.05) is 12.0 Å². The number of rotatable bonds is 4. The van der Waals surface area contributed by atoms with Crippen LogP contribution in [0.3, 0.4) is 0 Å². The number of nitriles is 1. The number of hydrogen-bond acceptors (Lipinski definition) is 6. The molecule has 1 aromatic heterocycles. The Balaban J connectivity index is 2.01. The summed E-state index contributed by atoms with van der Waals surface area (Å²) in [6.45, 7) is 0. The number of thiophene rings is 1. The molecule has 1 heterocycles. The van der Waals surface area contributed by atoms with Crippen LogP contribution in [-0.4, -0.2) is 23.1 Å². The molecular formula is C20H21N3OS2. The van der Waals surface area contributed by atoms with Gasteiger partial charge in [0.2, 0.25) is 5.78 Å². The van der Waals surface area contributed by atoms with Crippen molar-refractivity contribution in [3.05, 3.63) is 51.2 Å². The summed E-state index contributed by atoms with van der Waals surface area (Å²) in [5.41, 5.74) is 7.40. The average molecular weight is 384 g/mol. The molecule has 0 aliphatic heterocycles. The van der Waals surface area contributed by atoms with E-state index in [0.29, 0.717) is 22.0 Å². The number of aliphatic imine (C=N–C) groups is 1. The van der Waals surface area contributed by atoms with E-state index >= 15 is 0 Å². The van der Waals surface area contributed by atoms with Crippen LogP contribution in [0, 0.1) is 11.3 Å². The number of nitrogens with zero attached hydrogens (tertiary/aromatic N) is 2. The van der Waals surface area contributed by atoms with Crippen molar-refractivity contribution in [3.63, 3.8) is 0 Å². The van der Waals surface area contributed by atoms with Crippen LogP contribution in [0.5, 0.6) is 0 Å². The molecule has 0 atom stereocenters. The normalized spacial score (nSPS) is 15.6. The average Bonchev–Trinajstić information content (AvgIpc) is 3.03. The van der Waals surface area contributed by atoms with Gasteiger partial charge in [0.25, 0.3) is 0 Å². The van der Waals surface area contributed by atoms with E-state index in [0.717, 1.165) is 22.8 Å². The first-order valence-corrected chi connectivity index (χ1v) is 10.7. The van der Waals surface area contributed by atoms with Crippen LogP contribution in [-0.2, 0) is 0 Å². The lowest BCUT2D eigenvalue weighted by atomic mass is 9.96. The van der Waals surface area contributed by atoms with Crippen molar-refractivity contribution in [2.24, 2.45) is 4.99 Å². The molecule has 1 saturated carbocycles. The third-order valence-electron chi connectivity index (χ3n) is 4.56. The maximum absolute atomic E-state index is 12.8. The highest BCUT2D eigenvalue weighted by Crippen LogP contribution is 2.35. The van der Waals surface area contributed by atoms with Gasteiger partial charge >= 0.3 is 0 Å². The molecule has 3 rings (SSSR count). The summed E-state index contributed by atoms with van der Waals surface area (Å²) in [5.74, 6) is -0.144. The second kappa shape index (κ2) is 8.52. The van der Waals surface area contributed by atoms with Crippen molar-refractivity contribution in [2.45, 2.75) is 38.1 Å². The fourth-order valence-corrected chi connectivity index (χ4v) is 5.12. The number of hydrogen-bond donors (Lipinski definition) is 1. The molecule has 2 aromatic rings. The highest BCUT2D eigenvalue weighted by atomic mass is 32.2. The van der Waals surface area contributed by atoms with E-state index in [9.17, 15) is 10.1 Å². The van der Waals surface area contributed by atoms with E-state index in [-0.39, 0.29) is 11.5 Å². The van der Waals surface area contributed by atoms with Crippen LogP contribution in [0.1, 0.15) is 57.8 Å². The lowest BCUT2D eigenvalue weighted by Gasteiger charge is -2.18. The van der Waals surface area contributed by atoms with E-state index in [4.69, 9.17) is 10.7 Å². The Morgan fingerprint density at radius 3 is 2.54 bits per heavy atom. The maximum Gasteiger partial charge on any atom is 0.205 e. The largest absolute Gasteiger partial charge is 0.396 e. The van der Waals surface area contributed by atoms with Crippen molar-refractivity contribution in [1.29, 1.82) is 5.26 Å². The predicted octanol–water partition coefficient (Wildman–Crippen LogP) is 4.88. The first-order valence-electron chi connectivity index (χ1n) is 8.70. The van der Waals surface area contributed by atoms with Crippen molar-refractivity contribution in [3.8, 4) is 6.07 Å². The van der Waals surface area contributed by atoms with Crippen LogP contribution < -0.4 is 5.73 Å². The smallest absolute Gasteiger partial charge is 0.205 e. The number of carbonyl (C=O) groups is 1. The van der Waals surface area contributed by atoms with E-state index in [2.05, 4.69) is 6.07 Å². The Hall–Kier alpha value is -2.10. The molecule has 0 saturated heterocycles. The highest BCUT2D eigenvalue weighted by molar-refractivity contribution is 8.14. The fraction of sp³-hybridized carbons (Fsp3) is 0.350. The number of thioether (sulfide) groups is 1. The van der Waals surface area contributed by atoms with Gasteiger partial charge in [0.15, 0.2) is 0 Å².